The molecular weight excluding hydrogens is 295 g/mol. The van der Waals surface area contributed by atoms with Gasteiger partial charge in [-0.25, -0.2) is 13.1 Å². The van der Waals surface area contributed by atoms with Gasteiger partial charge in [-0.1, -0.05) is 43.1 Å². The predicted octanol–water partition coefficient (Wildman–Crippen LogP) is 2.25. The third-order valence-corrected chi connectivity index (χ3v) is 5.03. The van der Waals surface area contributed by atoms with Gasteiger partial charge in [0.15, 0.2) is 0 Å². The molecule has 0 aliphatic heterocycles. The Morgan fingerprint density at radius 2 is 1.94 bits per heavy atom. The van der Waals surface area contributed by atoms with E-state index in [1.807, 2.05) is 13.8 Å². The first-order valence-electron chi connectivity index (χ1n) is 5.46. The monoisotopic (exact) mass is 310 g/mol. The van der Waals surface area contributed by atoms with Gasteiger partial charge in [0.05, 0.1) is 10.0 Å². The van der Waals surface area contributed by atoms with Crippen LogP contribution in [-0.4, -0.2) is 21.0 Å². The maximum absolute atomic E-state index is 12.2. The van der Waals surface area contributed by atoms with Crippen molar-refractivity contribution in [2.75, 3.05) is 6.54 Å². The van der Waals surface area contributed by atoms with Gasteiger partial charge in [-0.15, -0.1) is 0 Å². The Hall–Kier alpha value is -0.330. The van der Waals surface area contributed by atoms with Crippen molar-refractivity contribution in [3.8, 4) is 0 Å². The highest BCUT2D eigenvalue weighted by molar-refractivity contribution is 7.89. The van der Waals surface area contributed by atoms with E-state index in [1.165, 1.54) is 18.2 Å². The van der Waals surface area contributed by atoms with E-state index in [-0.39, 0.29) is 33.4 Å². The Bertz CT molecular complexity index is 518. The molecule has 0 saturated carbocycles. The van der Waals surface area contributed by atoms with Gasteiger partial charge in [0.2, 0.25) is 10.0 Å². The highest BCUT2D eigenvalue weighted by Gasteiger charge is 2.24. The average Bonchev–Trinajstić information content (AvgIpc) is 2.29. The molecule has 3 N–H and O–H groups in total. The predicted molar refractivity (Wildman–Crippen MR) is 74.5 cm³/mol. The smallest absolute Gasteiger partial charge is 0.242 e. The van der Waals surface area contributed by atoms with Crippen LogP contribution in [0.15, 0.2) is 23.1 Å². The van der Waals surface area contributed by atoms with Crippen molar-refractivity contribution in [1.29, 1.82) is 0 Å². The molecule has 1 atom stereocenters. The molecule has 7 heteroatoms. The Morgan fingerprint density at radius 3 is 2.44 bits per heavy atom. The molecule has 0 radical (unpaired) electrons. The summed E-state index contributed by atoms with van der Waals surface area (Å²) in [5, 5.41) is 0.222. The number of nitrogens with two attached hydrogens (primary N) is 1. The maximum Gasteiger partial charge on any atom is 0.242 e. The minimum atomic E-state index is -3.72. The third kappa shape index (κ3) is 3.59. The van der Waals surface area contributed by atoms with Gasteiger partial charge in [-0.3, -0.25) is 0 Å². The van der Waals surface area contributed by atoms with E-state index in [2.05, 4.69) is 4.72 Å². The molecule has 0 aliphatic rings. The van der Waals surface area contributed by atoms with Crippen LogP contribution in [0.3, 0.4) is 0 Å². The Kier molecular flexibility index (Phi) is 5.43. The van der Waals surface area contributed by atoms with E-state index < -0.39 is 10.0 Å². The van der Waals surface area contributed by atoms with Crippen LogP contribution in [0.1, 0.15) is 13.8 Å². The summed E-state index contributed by atoms with van der Waals surface area (Å²) < 4.78 is 26.9. The molecule has 0 bridgehead atoms. The lowest BCUT2D eigenvalue weighted by Crippen LogP contribution is -2.43. The van der Waals surface area contributed by atoms with Crippen molar-refractivity contribution in [3.63, 3.8) is 0 Å². The average molecular weight is 311 g/mol. The van der Waals surface area contributed by atoms with Crippen LogP contribution < -0.4 is 10.5 Å². The molecule has 4 nitrogen and oxygen atoms in total. The highest BCUT2D eigenvalue weighted by atomic mass is 35.5. The first kappa shape index (κ1) is 15.7. The first-order valence-corrected chi connectivity index (χ1v) is 7.70. The standard InChI is InChI=1S/C11H16Cl2N2O2S/c1-7(2)9(6-14)15-18(16,17)10-5-3-4-8(12)11(10)13/h3-5,7,9,15H,6,14H2,1-2H3. The van der Waals surface area contributed by atoms with Crippen LogP contribution in [0.4, 0.5) is 0 Å². The van der Waals surface area contributed by atoms with Crippen LogP contribution in [-0.2, 0) is 10.0 Å². The molecule has 1 unspecified atom stereocenters. The van der Waals surface area contributed by atoms with Crippen LogP contribution in [0.2, 0.25) is 10.0 Å². The lowest BCUT2D eigenvalue weighted by atomic mass is 10.1. The number of hydrogen-bond donors (Lipinski definition) is 2. The van der Waals surface area contributed by atoms with Gasteiger partial charge in [0, 0.05) is 12.6 Å². The summed E-state index contributed by atoms with van der Waals surface area (Å²) in [5.41, 5.74) is 5.54. The van der Waals surface area contributed by atoms with Crippen molar-refractivity contribution >= 4 is 33.2 Å². The molecule has 0 fully saturated rings. The second-order valence-corrected chi connectivity index (χ2v) is 6.73. The molecule has 102 valence electrons. The fraction of sp³-hybridized carbons (Fsp3) is 0.455. The number of sulfonamides is 1. The van der Waals surface area contributed by atoms with Crippen LogP contribution in [0, 0.1) is 5.92 Å². The first-order chi connectivity index (χ1) is 8.29. The highest BCUT2D eigenvalue weighted by Crippen LogP contribution is 2.29. The molecule has 0 spiro atoms. The SMILES string of the molecule is CC(C)C(CN)NS(=O)(=O)c1cccc(Cl)c1Cl. The van der Waals surface area contributed by atoms with Crippen molar-refractivity contribution in [3.05, 3.63) is 28.2 Å². The number of rotatable bonds is 5. The molecule has 1 aromatic rings. The largest absolute Gasteiger partial charge is 0.329 e. The Morgan fingerprint density at radius 1 is 1.33 bits per heavy atom. The molecule has 18 heavy (non-hydrogen) atoms. The molecule has 1 aromatic carbocycles. The quantitative estimate of drug-likeness (QED) is 0.876. The summed E-state index contributed by atoms with van der Waals surface area (Å²) in [5.74, 6) is 0.0859. The van der Waals surface area contributed by atoms with Crippen LogP contribution in [0.5, 0.6) is 0 Å². The Balaban J connectivity index is 3.11. The van der Waals surface area contributed by atoms with Gasteiger partial charge in [-0.2, -0.15) is 0 Å². The number of nitrogens with one attached hydrogen (secondary N) is 1. The molecule has 1 rings (SSSR count). The molecule has 0 aliphatic carbocycles. The summed E-state index contributed by atoms with van der Waals surface area (Å²) in [6.07, 6.45) is 0. The summed E-state index contributed by atoms with van der Waals surface area (Å²) >= 11 is 11.7. The molecule has 0 amide bonds. The summed E-state index contributed by atoms with van der Waals surface area (Å²) in [6.45, 7) is 3.99. The lowest BCUT2D eigenvalue weighted by Gasteiger charge is -2.20. The van der Waals surface area contributed by atoms with E-state index >= 15 is 0 Å². The minimum Gasteiger partial charge on any atom is -0.329 e. The van der Waals surface area contributed by atoms with Crippen molar-refractivity contribution in [2.24, 2.45) is 11.7 Å². The van der Waals surface area contributed by atoms with E-state index in [0.29, 0.717) is 0 Å². The van der Waals surface area contributed by atoms with Crippen molar-refractivity contribution in [1.82, 2.24) is 4.72 Å². The summed E-state index contributed by atoms with van der Waals surface area (Å²) in [7, 11) is -3.72. The Labute approximate surface area is 118 Å². The number of hydrogen-bond acceptors (Lipinski definition) is 3. The third-order valence-electron chi connectivity index (χ3n) is 2.57. The molecule has 0 aromatic heterocycles. The van der Waals surface area contributed by atoms with Gasteiger partial charge < -0.3 is 5.73 Å². The van der Waals surface area contributed by atoms with Crippen LogP contribution in [0.25, 0.3) is 0 Å². The second-order valence-electron chi connectivity index (χ2n) is 4.26. The second kappa shape index (κ2) is 6.21. The zero-order valence-corrected chi connectivity index (χ0v) is 12.5. The number of benzene rings is 1. The van der Waals surface area contributed by atoms with Crippen molar-refractivity contribution < 1.29 is 8.42 Å². The fourth-order valence-electron chi connectivity index (χ4n) is 1.41. The van der Waals surface area contributed by atoms with Gasteiger partial charge in [0.25, 0.3) is 0 Å². The molecule has 0 heterocycles. The van der Waals surface area contributed by atoms with E-state index in [0.717, 1.165) is 0 Å². The maximum atomic E-state index is 12.2. The van der Waals surface area contributed by atoms with Crippen molar-refractivity contribution in [2.45, 2.75) is 24.8 Å². The van der Waals surface area contributed by atoms with Crippen LogP contribution >= 0.6 is 23.2 Å². The van der Waals surface area contributed by atoms with Gasteiger partial charge in [0.1, 0.15) is 4.90 Å². The molecular formula is C11H16Cl2N2O2S. The van der Waals surface area contributed by atoms with E-state index in [4.69, 9.17) is 28.9 Å². The topological polar surface area (TPSA) is 72.2 Å². The zero-order chi connectivity index (χ0) is 13.9. The summed E-state index contributed by atoms with van der Waals surface area (Å²) in [6, 6.07) is 4.14. The number of halogens is 2. The zero-order valence-electron chi connectivity index (χ0n) is 10.2. The van der Waals surface area contributed by atoms with E-state index in [1.54, 1.807) is 0 Å². The van der Waals surface area contributed by atoms with Gasteiger partial charge >= 0.3 is 0 Å². The van der Waals surface area contributed by atoms with Gasteiger partial charge in [-0.05, 0) is 18.1 Å². The van der Waals surface area contributed by atoms with E-state index in [9.17, 15) is 8.42 Å². The molecule has 0 saturated heterocycles. The fourth-order valence-corrected chi connectivity index (χ4v) is 3.57. The normalized spacial score (nSPS) is 13.9. The lowest BCUT2D eigenvalue weighted by molar-refractivity contribution is 0.455. The summed E-state index contributed by atoms with van der Waals surface area (Å²) in [4.78, 5) is -0.0317. The minimum absolute atomic E-state index is 0.0196.